The molecule has 0 fully saturated rings. The molecule has 0 saturated heterocycles. The molecule has 0 aliphatic rings. The highest BCUT2D eigenvalue weighted by Gasteiger charge is 2.03. The van der Waals surface area contributed by atoms with Crippen LogP contribution < -0.4 is 0 Å². The molecule has 0 spiro atoms. The summed E-state index contributed by atoms with van der Waals surface area (Å²) in [7, 11) is 1.53. The van der Waals surface area contributed by atoms with Gasteiger partial charge in [0.1, 0.15) is 12.4 Å². The van der Waals surface area contributed by atoms with E-state index < -0.39 is 0 Å². The van der Waals surface area contributed by atoms with Gasteiger partial charge in [-0.1, -0.05) is 14.9 Å². The largest absolute Gasteiger partial charge is 0.463 e. The summed E-state index contributed by atoms with van der Waals surface area (Å²) < 4.78 is 9.39. The number of rotatable bonds is 6. The molecule has 0 N–H and O–H groups in total. The van der Waals surface area contributed by atoms with Crippen molar-refractivity contribution in [2.75, 3.05) is 20.3 Å². The summed E-state index contributed by atoms with van der Waals surface area (Å²) in [5.74, 6) is -0.346. The summed E-state index contributed by atoms with van der Waals surface area (Å²) >= 11 is 0. The number of Topliss-reactive ketones (excluding diaryl/α,β-unsaturated/α-hetero) is 1. The van der Waals surface area contributed by atoms with Crippen molar-refractivity contribution in [3.05, 3.63) is 0 Å². The summed E-state index contributed by atoms with van der Waals surface area (Å²) in [6.07, 6.45) is 0.421. The maximum atomic E-state index is 10.8. The third-order valence-corrected chi connectivity index (χ3v) is 1.23. The molecule has 0 unspecified atom stereocenters. The lowest BCUT2D eigenvalue weighted by Gasteiger charge is -2.01. The summed E-state index contributed by atoms with van der Waals surface area (Å²) in [4.78, 5) is 21.2. The Hall–Kier alpha value is -0.900. The lowest BCUT2D eigenvalue weighted by atomic mass is 10.2. The maximum Gasteiger partial charge on any atom is 0.306 e. The Morgan fingerprint density at radius 1 is 1.07 bits per heavy atom. The Morgan fingerprint density at radius 2 is 1.64 bits per heavy atom. The first-order valence-corrected chi connectivity index (χ1v) is 3.81. The van der Waals surface area contributed by atoms with Gasteiger partial charge in [-0.15, -0.1) is 0 Å². The van der Waals surface area contributed by atoms with Gasteiger partial charge in [-0.25, -0.2) is 0 Å². The average molecular weight is 206 g/mol. The van der Waals surface area contributed by atoms with Crippen LogP contribution >= 0.6 is 0 Å². The molecule has 0 bridgehead atoms. The lowest BCUT2D eigenvalue weighted by molar-refractivity contribution is -0.145. The van der Waals surface area contributed by atoms with Gasteiger partial charge in [0.05, 0.1) is 13.0 Å². The van der Waals surface area contributed by atoms with Gasteiger partial charge in [-0.3, -0.25) is 4.79 Å². The van der Waals surface area contributed by atoms with Crippen molar-refractivity contribution < 1.29 is 19.1 Å². The van der Waals surface area contributed by atoms with Gasteiger partial charge in [0.25, 0.3) is 0 Å². The third kappa shape index (κ3) is 13.7. The Kier molecular flexibility index (Phi) is 16.3. The van der Waals surface area contributed by atoms with Crippen LogP contribution in [0.1, 0.15) is 34.6 Å². The molecule has 0 atom stereocenters. The van der Waals surface area contributed by atoms with Crippen LogP contribution in [-0.4, -0.2) is 32.1 Å². The number of methoxy groups -OCH3 is 1. The molecule has 0 aromatic heterocycles. The standard InChI is InChI=1S/C8H14O4.2CH4/c1-7(9)3-4-8(10)12-6-5-11-2;;/h3-6H2,1-2H3;2*1H4. The number of ether oxygens (including phenoxy) is 2. The molecule has 0 aromatic rings. The van der Waals surface area contributed by atoms with Crippen LogP contribution in [0.15, 0.2) is 0 Å². The summed E-state index contributed by atoms with van der Waals surface area (Å²) in [6.45, 7) is 2.10. The minimum Gasteiger partial charge on any atom is -0.463 e. The fourth-order valence-electron chi connectivity index (χ4n) is 0.589. The molecule has 14 heavy (non-hydrogen) atoms. The van der Waals surface area contributed by atoms with Crippen molar-refractivity contribution in [2.45, 2.75) is 34.6 Å². The summed E-state index contributed by atoms with van der Waals surface area (Å²) in [5.41, 5.74) is 0. The normalized spacial score (nSPS) is 8.14. The van der Waals surface area contributed by atoms with Crippen LogP contribution in [0.4, 0.5) is 0 Å². The molecule has 0 aromatic carbocycles. The van der Waals surface area contributed by atoms with E-state index in [1.54, 1.807) is 0 Å². The van der Waals surface area contributed by atoms with Crippen molar-refractivity contribution >= 4 is 11.8 Å². The zero-order valence-electron chi connectivity index (χ0n) is 7.46. The Bertz CT molecular complexity index is 154. The predicted molar refractivity (Wildman–Crippen MR) is 56.2 cm³/mol. The van der Waals surface area contributed by atoms with E-state index in [-0.39, 0.29) is 46.1 Å². The summed E-state index contributed by atoms with van der Waals surface area (Å²) in [5, 5.41) is 0. The van der Waals surface area contributed by atoms with Gasteiger partial charge in [0.2, 0.25) is 0 Å². The topological polar surface area (TPSA) is 52.6 Å². The van der Waals surface area contributed by atoms with E-state index in [1.165, 1.54) is 14.0 Å². The highest BCUT2D eigenvalue weighted by atomic mass is 16.6. The Labute approximate surface area is 86.6 Å². The first-order valence-electron chi connectivity index (χ1n) is 3.81. The predicted octanol–water partition coefficient (Wildman–Crippen LogP) is 1.82. The van der Waals surface area contributed by atoms with Gasteiger partial charge < -0.3 is 14.3 Å². The van der Waals surface area contributed by atoms with E-state index in [1.807, 2.05) is 0 Å². The molecule has 0 aliphatic carbocycles. The highest BCUT2D eigenvalue weighted by molar-refractivity contribution is 5.80. The third-order valence-electron chi connectivity index (χ3n) is 1.23. The SMILES string of the molecule is C.C.COCCOC(=O)CCC(C)=O. The number of ketones is 1. The lowest BCUT2D eigenvalue weighted by Crippen LogP contribution is -2.10. The zero-order chi connectivity index (χ0) is 9.40. The molecule has 4 nitrogen and oxygen atoms in total. The highest BCUT2D eigenvalue weighted by Crippen LogP contribution is 1.93. The van der Waals surface area contributed by atoms with Gasteiger partial charge in [0, 0.05) is 13.5 Å². The molecule has 86 valence electrons. The first-order chi connectivity index (χ1) is 5.66. The molecular weight excluding hydrogens is 184 g/mol. The van der Waals surface area contributed by atoms with Crippen LogP contribution in [0.3, 0.4) is 0 Å². The molecule has 0 radical (unpaired) electrons. The second kappa shape index (κ2) is 12.1. The van der Waals surface area contributed by atoms with Crippen LogP contribution in [0.2, 0.25) is 0 Å². The van der Waals surface area contributed by atoms with Gasteiger partial charge in [0.15, 0.2) is 0 Å². The average Bonchev–Trinajstić information content (AvgIpc) is 2.01. The van der Waals surface area contributed by atoms with Crippen LogP contribution in [-0.2, 0) is 19.1 Å². The molecule has 4 heteroatoms. The van der Waals surface area contributed by atoms with Crippen molar-refractivity contribution in [1.29, 1.82) is 0 Å². The van der Waals surface area contributed by atoms with Crippen LogP contribution in [0.5, 0.6) is 0 Å². The van der Waals surface area contributed by atoms with E-state index in [2.05, 4.69) is 4.74 Å². The minimum atomic E-state index is -0.345. The number of hydrogen-bond donors (Lipinski definition) is 0. The second-order valence-electron chi connectivity index (χ2n) is 2.42. The van der Waals surface area contributed by atoms with Crippen molar-refractivity contribution in [2.24, 2.45) is 0 Å². The van der Waals surface area contributed by atoms with E-state index in [0.29, 0.717) is 6.61 Å². The minimum absolute atomic E-state index is 0. The Morgan fingerprint density at radius 3 is 2.07 bits per heavy atom. The zero-order valence-corrected chi connectivity index (χ0v) is 7.46. The molecule has 0 rings (SSSR count). The van der Waals surface area contributed by atoms with Crippen molar-refractivity contribution in [3.63, 3.8) is 0 Å². The van der Waals surface area contributed by atoms with Crippen molar-refractivity contribution in [3.8, 4) is 0 Å². The maximum absolute atomic E-state index is 10.8. The van der Waals surface area contributed by atoms with Gasteiger partial charge >= 0.3 is 5.97 Å². The number of carbonyl (C=O) groups excluding carboxylic acids is 2. The molecular formula is C10H22O4. The summed E-state index contributed by atoms with van der Waals surface area (Å²) in [6, 6.07) is 0. The van der Waals surface area contributed by atoms with Crippen LogP contribution in [0, 0.1) is 0 Å². The fourth-order valence-corrected chi connectivity index (χ4v) is 0.589. The second-order valence-corrected chi connectivity index (χ2v) is 2.42. The van der Waals surface area contributed by atoms with Crippen molar-refractivity contribution in [1.82, 2.24) is 0 Å². The number of hydrogen-bond acceptors (Lipinski definition) is 4. The molecule has 0 aliphatic heterocycles. The first kappa shape index (κ1) is 18.8. The Balaban J connectivity index is -0.000000605. The molecule has 0 heterocycles. The van der Waals surface area contributed by atoms with Crippen LogP contribution in [0.25, 0.3) is 0 Å². The van der Waals surface area contributed by atoms with E-state index in [0.717, 1.165) is 0 Å². The fraction of sp³-hybridized carbons (Fsp3) is 0.800. The monoisotopic (exact) mass is 206 g/mol. The number of carbonyl (C=O) groups is 2. The van der Waals surface area contributed by atoms with Gasteiger partial charge in [-0.05, 0) is 6.92 Å². The van der Waals surface area contributed by atoms with Gasteiger partial charge in [-0.2, -0.15) is 0 Å². The smallest absolute Gasteiger partial charge is 0.306 e. The number of esters is 1. The molecule has 0 saturated carbocycles. The quantitative estimate of drug-likeness (QED) is 0.491. The molecule has 0 amide bonds. The van der Waals surface area contributed by atoms with E-state index >= 15 is 0 Å². The van der Waals surface area contributed by atoms with E-state index in [9.17, 15) is 9.59 Å². The van der Waals surface area contributed by atoms with E-state index in [4.69, 9.17) is 4.74 Å².